The summed E-state index contributed by atoms with van der Waals surface area (Å²) >= 11 is 0. The van der Waals surface area contributed by atoms with Crippen LogP contribution in [0.4, 0.5) is 4.79 Å². The van der Waals surface area contributed by atoms with Gasteiger partial charge in [0.1, 0.15) is 5.78 Å². The van der Waals surface area contributed by atoms with Gasteiger partial charge in [0, 0.05) is 18.1 Å². The number of benzene rings is 4. The van der Waals surface area contributed by atoms with Gasteiger partial charge >= 0.3 is 6.03 Å². The molecule has 0 radical (unpaired) electrons. The van der Waals surface area contributed by atoms with Crippen LogP contribution in [-0.2, 0) is 4.79 Å². The average molecular weight is 570 g/mol. The molecule has 6 atom stereocenters. The van der Waals surface area contributed by atoms with Crippen LogP contribution in [-0.4, -0.2) is 22.8 Å². The van der Waals surface area contributed by atoms with Crippen molar-refractivity contribution in [3.63, 3.8) is 0 Å². The lowest BCUT2D eigenvalue weighted by Crippen LogP contribution is -2.64. The second kappa shape index (κ2) is 12.2. The Morgan fingerprint density at radius 1 is 0.581 bits per heavy atom. The molecule has 3 aliphatic rings. The highest BCUT2D eigenvalue weighted by molar-refractivity contribution is 5.91. The van der Waals surface area contributed by atoms with E-state index in [-0.39, 0.29) is 29.9 Å². The molecule has 7 rings (SSSR count). The van der Waals surface area contributed by atoms with Gasteiger partial charge in [0.25, 0.3) is 0 Å². The smallest absolute Gasteiger partial charge is 0.318 e. The highest BCUT2D eigenvalue weighted by atomic mass is 16.2. The van der Waals surface area contributed by atoms with E-state index < -0.39 is 23.9 Å². The van der Waals surface area contributed by atoms with Crippen molar-refractivity contribution in [1.29, 1.82) is 0 Å². The van der Waals surface area contributed by atoms with Crippen molar-refractivity contribution in [3.05, 3.63) is 144 Å². The molecule has 2 bridgehead atoms. The summed E-state index contributed by atoms with van der Waals surface area (Å²) in [5.74, 6) is -0.690. The molecule has 5 heteroatoms. The second-order valence-corrected chi connectivity index (χ2v) is 12.3. The Balaban J connectivity index is 1.43. The Hall–Kier alpha value is -4.22. The van der Waals surface area contributed by atoms with Crippen molar-refractivity contribution in [2.24, 2.45) is 11.8 Å². The molecule has 3 fully saturated rings. The molecule has 1 saturated carbocycles. The maximum atomic E-state index is 15.1. The van der Waals surface area contributed by atoms with Crippen molar-refractivity contribution in [3.8, 4) is 0 Å². The molecule has 1 aliphatic carbocycles. The summed E-state index contributed by atoms with van der Waals surface area (Å²) in [5, 5.41) is 7.44. The van der Waals surface area contributed by atoms with E-state index in [4.69, 9.17) is 0 Å². The van der Waals surface area contributed by atoms with Crippen LogP contribution < -0.4 is 10.6 Å². The van der Waals surface area contributed by atoms with Crippen molar-refractivity contribution in [2.45, 2.75) is 62.3 Å². The molecule has 5 nitrogen and oxygen atoms in total. The predicted octanol–water partition coefficient (Wildman–Crippen LogP) is 7.71. The zero-order valence-electron chi connectivity index (χ0n) is 24.4. The predicted molar refractivity (Wildman–Crippen MR) is 169 cm³/mol. The average Bonchev–Trinajstić information content (AvgIpc) is 3.07. The molecule has 2 amide bonds. The SMILES string of the molecule is O=C1C2C(c3ccccc3)NC(c3ccccc3)C1C(c1ccccc1)N(C(=O)NC1CCCCC1)C2c1ccccc1. The summed E-state index contributed by atoms with van der Waals surface area (Å²) in [4.78, 5) is 31.9. The number of carbonyl (C=O) groups excluding carboxylic acids is 2. The summed E-state index contributed by atoms with van der Waals surface area (Å²) in [7, 11) is 0. The fourth-order valence-corrected chi connectivity index (χ4v) is 7.86. The van der Waals surface area contributed by atoms with Gasteiger partial charge in [0.2, 0.25) is 0 Å². The fraction of sp³-hybridized carbons (Fsp3) is 0.316. The number of amides is 2. The summed E-state index contributed by atoms with van der Waals surface area (Å²) in [6, 6.07) is 39.6. The minimum Gasteiger partial charge on any atom is -0.335 e. The van der Waals surface area contributed by atoms with E-state index in [9.17, 15) is 4.79 Å². The second-order valence-electron chi connectivity index (χ2n) is 12.3. The first kappa shape index (κ1) is 27.6. The number of urea groups is 1. The molecule has 43 heavy (non-hydrogen) atoms. The van der Waals surface area contributed by atoms with Gasteiger partial charge in [-0.3, -0.25) is 4.79 Å². The topological polar surface area (TPSA) is 61.4 Å². The van der Waals surface area contributed by atoms with E-state index in [2.05, 4.69) is 64.1 Å². The minimum absolute atomic E-state index is 0.0716. The normalized spacial score (nSPS) is 27.4. The Kier molecular flexibility index (Phi) is 7.82. The van der Waals surface area contributed by atoms with Gasteiger partial charge < -0.3 is 15.5 Å². The lowest BCUT2D eigenvalue weighted by atomic mass is 9.63. The van der Waals surface area contributed by atoms with Crippen molar-refractivity contribution >= 4 is 11.8 Å². The third-order valence-corrected chi connectivity index (χ3v) is 9.78. The van der Waals surface area contributed by atoms with Crippen LogP contribution >= 0.6 is 0 Å². The van der Waals surface area contributed by atoms with Gasteiger partial charge in [0.15, 0.2) is 0 Å². The first-order valence-corrected chi connectivity index (χ1v) is 15.8. The van der Waals surface area contributed by atoms with Crippen LogP contribution in [0.2, 0.25) is 0 Å². The molecular formula is C38H39N3O2. The first-order valence-electron chi connectivity index (χ1n) is 15.8. The lowest BCUT2D eigenvalue weighted by Gasteiger charge is -2.57. The molecule has 0 spiro atoms. The van der Waals surface area contributed by atoms with Crippen LogP contribution in [0.1, 0.15) is 78.5 Å². The number of piperidine rings is 2. The minimum atomic E-state index is -0.452. The molecule has 4 aromatic carbocycles. The maximum absolute atomic E-state index is 15.1. The zero-order chi connectivity index (χ0) is 29.2. The number of hydrogen-bond donors (Lipinski definition) is 2. The van der Waals surface area contributed by atoms with Gasteiger partial charge in [-0.05, 0) is 35.1 Å². The number of fused-ring (bicyclic) bond motifs is 2. The summed E-state index contributed by atoms with van der Waals surface area (Å²) in [6.07, 6.45) is 5.48. The number of rotatable bonds is 5. The Morgan fingerprint density at radius 2 is 0.977 bits per heavy atom. The summed E-state index contributed by atoms with van der Waals surface area (Å²) in [5.41, 5.74) is 4.10. The monoisotopic (exact) mass is 569 g/mol. The first-order chi connectivity index (χ1) is 21.2. The molecule has 0 aromatic heterocycles. The molecule has 2 heterocycles. The van der Waals surface area contributed by atoms with E-state index in [1.807, 2.05) is 72.8 Å². The quantitative estimate of drug-likeness (QED) is 0.259. The molecule has 4 aromatic rings. The standard InChI is InChI=1S/C38H39N3O2/c42-37-31-33(26-16-6-1-7-17-26)40-34(27-18-8-2-9-19-27)32(37)36(29-22-12-4-13-23-29)41(35(31)28-20-10-3-11-21-28)38(43)39-30-24-14-5-15-25-30/h1-4,6-13,16-23,30-36,40H,5,14-15,24-25H2,(H,39,43). The number of nitrogens with zero attached hydrogens (tertiary/aromatic N) is 1. The summed E-state index contributed by atoms with van der Waals surface area (Å²) in [6.45, 7) is 0. The number of ketones is 1. The van der Waals surface area contributed by atoms with Crippen molar-refractivity contribution < 1.29 is 9.59 Å². The zero-order valence-corrected chi connectivity index (χ0v) is 24.4. The van der Waals surface area contributed by atoms with Crippen LogP contribution in [0.25, 0.3) is 0 Å². The maximum Gasteiger partial charge on any atom is 0.318 e. The number of hydrogen-bond acceptors (Lipinski definition) is 3. The molecule has 218 valence electrons. The Morgan fingerprint density at radius 3 is 1.40 bits per heavy atom. The Labute approximate surface area is 254 Å². The number of carbonyl (C=O) groups is 2. The van der Waals surface area contributed by atoms with E-state index >= 15 is 4.79 Å². The van der Waals surface area contributed by atoms with Crippen molar-refractivity contribution in [1.82, 2.24) is 15.5 Å². The van der Waals surface area contributed by atoms with Gasteiger partial charge in [-0.1, -0.05) is 141 Å². The van der Waals surface area contributed by atoms with E-state index in [1.54, 1.807) is 0 Å². The molecular weight excluding hydrogens is 530 g/mol. The number of nitrogens with one attached hydrogen (secondary N) is 2. The molecule has 2 saturated heterocycles. The van der Waals surface area contributed by atoms with Crippen LogP contribution in [0.3, 0.4) is 0 Å². The van der Waals surface area contributed by atoms with Gasteiger partial charge in [-0.25, -0.2) is 4.79 Å². The number of likely N-dealkylation sites (tertiary alicyclic amines) is 1. The third-order valence-electron chi connectivity index (χ3n) is 9.78. The molecule has 6 unspecified atom stereocenters. The van der Waals surface area contributed by atoms with Crippen LogP contribution in [0.5, 0.6) is 0 Å². The van der Waals surface area contributed by atoms with Gasteiger partial charge in [-0.15, -0.1) is 0 Å². The van der Waals surface area contributed by atoms with Crippen molar-refractivity contribution in [2.75, 3.05) is 0 Å². The Bertz CT molecular complexity index is 1420. The molecule has 2 aliphatic heterocycles. The van der Waals surface area contributed by atoms with Gasteiger partial charge in [-0.2, -0.15) is 0 Å². The summed E-state index contributed by atoms with van der Waals surface area (Å²) < 4.78 is 0. The highest BCUT2D eigenvalue weighted by Gasteiger charge is 2.59. The van der Waals surface area contributed by atoms with Crippen LogP contribution in [0, 0.1) is 11.8 Å². The van der Waals surface area contributed by atoms with E-state index in [1.165, 1.54) is 6.42 Å². The third kappa shape index (κ3) is 5.27. The highest BCUT2D eigenvalue weighted by Crippen LogP contribution is 2.56. The lowest BCUT2D eigenvalue weighted by molar-refractivity contribution is -0.146. The fourth-order valence-electron chi connectivity index (χ4n) is 7.86. The van der Waals surface area contributed by atoms with Crippen LogP contribution in [0.15, 0.2) is 121 Å². The van der Waals surface area contributed by atoms with Gasteiger partial charge in [0.05, 0.1) is 23.9 Å². The van der Waals surface area contributed by atoms with E-state index in [0.717, 1.165) is 47.9 Å². The molecule has 2 N–H and O–H groups in total. The largest absolute Gasteiger partial charge is 0.335 e. The number of Topliss-reactive ketones (excluding diaryl/α,β-unsaturated/α-hetero) is 1. The van der Waals surface area contributed by atoms with E-state index in [0.29, 0.717) is 0 Å².